The van der Waals surface area contributed by atoms with E-state index in [1.54, 1.807) is 24.3 Å². The summed E-state index contributed by atoms with van der Waals surface area (Å²) in [5, 5.41) is 19.6. The van der Waals surface area contributed by atoms with E-state index in [9.17, 15) is 19.8 Å². The predicted molar refractivity (Wildman–Crippen MR) is 97.4 cm³/mol. The maximum atomic E-state index is 11.5. The summed E-state index contributed by atoms with van der Waals surface area (Å²) in [5.74, 6) is 0.441. The molecule has 0 saturated carbocycles. The normalized spacial score (nSPS) is 11.8. The minimum Gasteiger partial charge on any atom is -0.504 e. The molecule has 0 spiro atoms. The third-order valence-corrected chi connectivity index (χ3v) is 3.64. The lowest BCUT2D eigenvalue weighted by molar-refractivity contribution is -0.107. The zero-order valence-corrected chi connectivity index (χ0v) is 14.3. The highest BCUT2D eigenvalue weighted by Gasteiger charge is 2.08. The molecule has 6 heteroatoms. The van der Waals surface area contributed by atoms with Crippen molar-refractivity contribution in [3.05, 3.63) is 58.7 Å². The van der Waals surface area contributed by atoms with E-state index in [1.165, 1.54) is 38.5 Å². The van der Waals surface area contributed by atoms with E-state index >= 15 is 0 Å². The highest BCUT2D eigenvalue weighted by Crippen LogP contribution is 2.29. The van der Waals surface area contributed by atoms with Gasteiger partial charge in [0, 0.05) is 11.1 Å². The molecule has 0 aliphatic heterocycles. The van der Waals surface area contributed by atoms with Gasteiger partial charge in [-0.25, -0.2) is 0 Å². The molecule has 0 amide bonds. The first-order valence-corrected chi connectivity index (χ1v) is 7.60. The molecule has 2 rings (SSSR count). The van der Waals surface area contributed by atoms with Crippen molar-refractivity contribution in [1.29, 1.82) is 0 Å². The summed E-state index contributed by atoms with van der Waals surface area (Å²) in [6, 6.07) is 9.23. The van der Waals surface area contributed by atoms with E-state index < -0.39 is 0 Å². The molecule has 0 radical (unpaired) electrons. The molecular weight excluding hydrogens is 336 g/mol. The van der Waals surface area contributed by atoms with Gasteiger partial charge in [-0.3, -0.25) is 9.59 Å². The fourth-order valence-corrected chi connectivity index (χ4v) is 2.32. The first-order valence-electron chi connectivity index (χ1n) is 7.60. The van der Waals surface area contributed by atoms with Crippen molar-refractivity contribution in [2.24, 2.45) is 0 Å². The van der Waals surface area contributed by atoms with Crippen molar-refractivity contribution in [3.8, 4) is 23.0 Å². The molecule has 0 fully saturated rings. The molecule has 0 aromatic heterocycles. The van der Waals surface area contributed by atoms with E-state index in [0.29, 0.717) is 35.2 Å². The van der Waals surface area contributed by atoms with E-state index in [1.807, 2.05) is 0 Å². The third-order valence-electron chi connectivity index (χ3n) is 3.64. The van der Waals surface area contributed by atoms with Crippen LogP contribution in [0.15, 0.2) is 47.5 Å². The maximum Gasteiger partial charge on any atom is 0.160 e. The largest absolute Gasteiger partial charge is 0.504 e. The average Bonchev–Trinajstić information content (AvgIpc) is 2.64. The summed E-state index contributed by atoms with van der Waals surface area (Å²) >= 11 is 0. The van der Waals surface area contributed by atoms with Crippen LogP contribution < -0.4 is 9.47 Å². The highest BCUT2D eigenvalue weighted by molar-refractivity contribution is 6.02. The van der Waals surface area contributed by atoms with Gasteiger partial charge in [0.2, 0.25) is 0 Å². The van der Waals surface area contributed by atoms with Crippen molar-refractivity contribution in [2.75, 3.05) is 14.2 Å². The monoisotopic (exact) mass is 354 g/mol. The molecule has 26 heavy (non-hydrogen) atoms. The number of phenolic OH excluding ortho intramolecular Hbond substituents is 2. The lowest BCUT2D eigenvalue weighted by Crippen LogP contribution is -1.94. The molecule has 0 heterocycles. The van der Waals surface area contributed by atoms with E-state index in [-0.39, 0.29) is 22.6 Å². The molecular formula is C20H18O6. The van der Waals surface area contributed by atoms with E-state index in [2.05, 4.69) is 0 Å². The Morgan fingerprint density at radius 2 is 1.15 bits per heavy atom. The fourth-order valence-electron chi connectivity index (χ4n) is 2.32. The average molecular weight is 354 g/mol. The van der Waals surface area contributed by atoms with Gasteiger partial charge in [0.05, 0.1) is 14.2 Å². The minimum absolute atomic E-state index is 0.0804. The van der Waals surface area contributed by atoms with Gasteiger partial charge < -0.3 is 19.7 Å². The highest BCUT2D eigenvalue weighted by atomic mass is 16.5. The molecule has 6 nitrogen and oxygen atoms in total. The summed E-state index contributed by atoms with van der Waals surface area (Å²) in [6.45, 7) is 0. The molecule has 0 bridgehead atoms. The quantitative estimate of drug-likeness (QED) is 0.451. The van der Waals surface area contributed by atoms with Crippen LogP contribution in [0.4, 0.5) is 0 Å². The van der Waals surface area contributed by atoms with Crippen LogP contribution in [0.5, 0.6) is 23.0 Å². The zero-order valence-electron chi connectivity index (χ0n) is 14.3. The predicted octanol–water partition coefficient (Wildman–Crippen LogP) is 2.98. The number of carbonyl (C=O) groups is 2. The Balaban J connectivity index is 2.42. The summed E-state index contributed by atoms with van der Waals surface area (Å²) in [7, 11) is 2.86. The first-order chi connectivity index (χ1) is 12.5. The molecule has 0 unspecified atom stereocenters. The van der Waals surface area contributed by atoms with Crippen LogP contribution in [0.1, 0.15) is 11.1 Å². The number of rotatable bonds is 7. The Morgan fingerprint density at radius 3 is 1.42 bits per heavy atom. The second-order valence-electron chi connectivity index (χ2n) is 5.30. The van der Waals surface area contributed by atoms with Crippen LogP contribution in [-0.2, 0) is 9.59 Å². The van der Waals surface area contributed by atoms with Crippen molar-refractivity contribution in [1.82, 2.24) is 0 Å². The number of carbonyl (C=O) groups excluding carboxylic acids is 2. The van der Waals surface area contributed by atoms with Crippen molar-refractivity contribution in [3.63, 3.8) is 0 Å². The Bertz CT molecular complexity index is 806. The Hall–Kier alpha value is -3.54. The summed E-state index contributed by atoms with van der Waals surface area (Å²) in [5.41, 5.74) is 1.30. The van der Waals surface area contributed by atoms with Gasteiger partial charge in [-0.15, -0.1) is 0 Å². The Labute approximate surface area is 150 Å². The van der Waals surface area contributed by atoms with E-state index in [0.717, 1.165) is 0 Å². The summed E-state index contributed by atoms with van der Waals surface area (Å²) in [6.07, 6.45) is 4.03. The van der Waals surface area contributed by atoms with Crippen molar-refractivity contribution < 1.29 is 29.3 Å². The van der Waals surface area contributed by atoms with Crippen LogP contribution in [0.3, 0.4) is 0 Å². The van der Waals surface area contributed by atoms with Crippen molar-refractivity contribution in [2.45, 2.75) is 0 Å². The Kier molecular flexibility index (Phi) is 6.16. The molecule has 0 saturated heterocycles. The first kappa shape index (κ1) is 18.8. The number of aromatic hydroxyl groups is 2. The maximum absolute atomic E-state index is 11.5. The molecule has 2 aromatic rings. The molecule has 0 aliphatic carbocycles. The zero-order chi connectivity index (χ0) is 19.1. The number of benzene rings is 2. The number of allylic oxidation sites excluding steroid dienone is 2. The van der Waals surface area contributed by atoms with Crippen LogP contribution in [0.25, 0.3) is 12.2 Å². The van der Waals surface area contributed by atoms with Crippen LogP contribution in [-0.4, -0.2) is 37.0 Å². The van der Waals surface area contributed by atoms with Crippen molar-refractivity contribution >= 4 is 24.7 Å². The smallest absolute Gasteiger partial charge is 0.160 e. The number of phenols is 2. The summed E-state index contributed by atoms with van der Waals surface area (Å²) in [4.78, 5) is 22.9. The molecule has 134 valence electrons. The van der Waals surface area contributed by atoms with Gasteiger partial charge >= 0.3 is 0 Å². The van der Waals surface area contributed by atoms with Crippen LogP contribution >= 0.6 is 0 Å². The Morgan fingerprint density at radius 1 is 0.769 bits per heavy atom. The topological polar surface area (TPSA) is 93.1 Å². The summed E-state index contributed by atoms with van der Waals surface area (Å²) < 4.78 is 9.93. The second-order valence-corrected chi connectivity index (χ2v) is 5.30. The number of aldehydes is 2. The lowest BCUT2D eigenvalue weighted by atomic mass is 10.0. The van der Waals surface area contributed by atoms with Gasteiger partial charge in [-0.2, -0.15) is 0 Å². The number of ether oxygens (including phenoxy) is 2. The van der Waals surface area contributed by atoms with Gasteiger partial charge in [-0.05, 0) is 47.5 Å². The second kappa shape index (κ2) is 8.53. The molecule has 0 atom stereocenters. The van der Waals surface area contributed by atoms with Crippen LogP contribution in [0, 0.1) is 0 Å². The SMILES string of the molecule is COc1ccc(/C=C(C=O)/C(C=O)=C/c2ccc(OC)c(O)c2)cc1O. The molecule has 0 aliphatic rings. The number of hydrogen-bond donors (Lipinski definition) is 2. The number of hydrogen-bond acceptors (Lipinski definition) is 6. The third kappa shape index (κ3) is 4.30. The standard InChI is InChI=1S/C20H18O6/c1-25-19-5-3-13(9-17(19)23)7-15(11-21)16(12-22)8-14-4-6-20(26-2)18(24)10-14/h3-12,23-24H,1-2H3/b15-7+,16-8+. The minimum atomic E-state index is -0.0804. The van der Waals surface area contributed by atoms with Gasteiger partial charge in [0.15, 0.2) is 35.6 Å². The van der Waals surface area contributed by atoms with E-state index in [4.69, 9.17) is 9.47 Å². The number of methoxy groups -OCH3 is 2. The van der Waals surface area contributed by atoms with Gasteiger partial charge in [0.25, 0.3) is 0 Å². The molecule has 2 aromatic carbocycles. The van der Waals surface area contributed by atoms with Gasteiger partial charge in [0.1, 0.15) is 0 Å². The lowest BCUT2D eigenvalue weighted by Gasteiger charge is -2.06. The van der Waals surface area contributed by atoms with Gasteiger partial charge in [-0.1, -0.05) is 12.1 Å². The molecule has 2 N–H and O–H groups in total. The fraction of sp³-hybridized carbons (Fsp3) is 0.100. The van der Waals surface area contributed by atoms with Crippen LogP contribution in [0.2, 0.25) is 0 Å².